The van der Waals surface area contributed by atoms with E-state index in [9.17, 15) is 17.6 Å². The molecule has 0 unspecified atom stereocenters. The Morgan fingerprint density at radius 2 is 1.61 bits per heavy atom. The van der Waals surface area contributed by atoms with Gasteiger partial charge in [-0.25, -0.2) is 0 Å². The van der Waals surface area contributed by atoms with Crippen LogP contribution in [0.3, 0.4) is 0 Å². The zero-order valence-electron chi connectivity index (χ0n) is 8.55. The van der Waals surface area contributed by atoms with Gasteiger partial charge in [-0.1, -0.05) is 17.7 Å². The van der Waals surface area contributed by atoms with Gasteiger partial charge in [-0.15, -0.1) is 0 Å². The minimum absolute atomic E-state index is 0.0645. The van der Waals surface area contributed by atoms with Crippen LogP contribution in [0.25, 0.3) is 0 Å². The molecule has 1 aromatic carbocycles. The third-order valence-electron chi connectivity index (χ3n) is 1.97. The Bertz CT molecular complexity index is 580. The molecule has 2 nitrogen and oxygen atoms in total. The molecule has 94 valence electrons. The van der Waals surface area contributed by atoms with Crippen molar-refractivity contribution in [1.29, 1.82) is 0 Å². The van der Waals surface area contributed by atoms with Crippen LogP contribution in [-0.4, -0.2) is 4.98 Å². The van der Waals surface area contributed by atoms with E-state index in [0.717, 1.165) is 0 Å². The third-order valence-corrected chi connectivity index (χ3v) is 2.21. The lowest BCUT2D eigenvalue weighted by atomic mass is 10.3. The van der Waals surface area contributed by atoms with Crippen LogP contribution in [0.1, 0.15) is 0 Å². The highest BCUT2D eigenvalue weighted by molar-refractivity contribution is 6.30. The number of rotatable bonds is 2. The van der Waals surface area contributed by atoms with E-state index >= 15 is 0 Å². The molecule has 0 fully saturated rings. The summed E-state index contributed by atoms with van der Waals surface area (Å²) in [6.07, 6.45) is 0. The zero-order valence-corrected chi connectivity index (χ0v) is 9.31. The third kappa shape index (κ3) is 2.38. The molecule has 18 heavy (non-hydrogen) atoms. The Labute approximate surface area is 104 Å². The number of aromatic nitrogens is 1. The van der Waals surface area contributed by atoms with Crippen LogP contribution >= 0.6 is 11.6 Å². The fourth-order valence-corrected chi connectivity index (χ4v) is 1.39. The molecule has 0 saturated carbocycles. The van der Waals surface area contributed by atoms with Crippen molar-refractivity contribution in [3.8, 4) is 11.5 Å². The van der Waals surface area contributed by atoms with Gasteiger partial charge in [-0.3, -0.25) is 0 Å². The molecule has 1 aromatic heterocycles. The number of hydrogen-bond donors (Lipinski definition) is 0. The lowest BCUT2D eigenvalue weighted by Crippen LogP contribution is -2.03. The predicted molar refractivity (Wildman–Crippen MR) is 55.6 cm³/mol. The summed E-state index contributed by atoms with van der Waals surface area (Å²) in [7, 11) is 0. The molecule has 2 rings (SSSR count). The Hall–Kier alpha value is -1.82. The number of halogens is 5. The Morgan fingerprint density at radius 3 is 2.17 bits per heavy atom. The number of benzene rings is 1. The van der Waals surface area contributed by atoms with Gasteiger partial charge in [0.2, 0.25) is 17.4 Å². The van der Waals surface area contributed by atoms with Crippen LogP contribution in [0, 0.1) is 23.5 Å². The fraction of sp³-hybridized carbons (Fsp3) is 0. The van der Waals surface area contributed by atoms with E-state index < -0.39 is 29.3 Å². The molecule has 0 spiro atoms. The maximum atomic E-state index is 13.2. The van der Waals surface area contributed by atoms with Gasteiger partial charge >= 0.3 is 0 Å². The van der Waals surface area contributed by atoms with Gasteiger partial charge < -0.3 is 4.74 Å². The quantitative estimate of drug-likeness (QED) is 0.609. The second-order valence-corrected chi connectivity index (χ2v) is 3.65. The minimum atomic E-state index is -1.79. The van der Waals surface area contributed by atoms with Crippen LogP contribution in [-0.2, 0) is 0 Å². The Morgan fingerprint density at radius 1 is 1.00 bits per heavy atom. The molecule has 0 saturated heterocycles. The van der Waals surface area contributed by atoms with E-state index in [2.05, 4.69) is 4.98 Å². The van der Waals surface area contributed by atoms with E-state index in [0.29, 0.717) is 0 Å². The van der Waals surface area contributed by atoms with Crippen molar-refractivity contribution in [3.05, 3.63) is 52.8 Å². The monoisotopic (exact) mass is 277 g/mol. The van der Waals surface area contributed by atoms with Gasteiger partial charge in [0.1, 0.15) is 5.75 Å². The maximum Gasteiger partial charge on any atom is 0.255 e. The Kier molecular flexibility index (Phi) is 3.38. The van der Waals surface area contributed by atoms with Crippen LogP contribution in [0.15, 0.2) is 24.3 Å². The van der Waals surface area contributed by atoms with Crippen molar-refractivity contribution in [1.82, 2.24) is 4.98 Å². The second-order valence-electron chi connectivity index (χ2n) is 3.21. The molecular weight excluding hydrogens is 274 g/mol. The summed E-state index contributed by atoms with van der Waals surface area (Å²) >= 11 is 5.63. The maximum absolute atomic E-state index is 13.2. The summed E-state index contributed by atoms with van der Waals surface area (Å²) in [6.45, 7) is 0. The molecule has 0 aliphatic carbocycles. The molecule has 1 heterocycles. The van der Waals surface area contributed by atoms with Gasteiger partial charge in [0.25, 0.3) is 11.9 Å². The van der Waals surface area contributed by atoms with Gasteiger partial charge in [0.05, 0.1) is 0 Å². The molecule has 0 amide bonds. The number of ether oxygens (including phenoxy) is 1. The van der Waals surface area contributed by atoms with Gasteiger partial charge in [0.15, 0.2) is 0 Å². The second kappa shape index (κ2) is 4.81. The number of nitrogens with zero attached hydrogens (tertiary/aromatic N) is 1. The van der Waals surface area contributed by atoms with E-state index in [-0.39, 0.29) is 10.8 Å². The number of pyridine rings is 1. The largest absolute Gasteiger partial charge is 0.451 e. The molecular formula is C11H4ClF4NO. The molecule has 2 aromatic rings. The molecule has 7 heteroatoms. The van der Waals surface area contributed by atoms with E-state index in [1.54, 1.807) is 0 Å². The summed E-state index contributed by atoms with van der Waals surface area (Å²) in [5.41, 5.74) is 0. The van der Waals surface area contributed by atoms with Crippen LogP contribution in [0.4, 0.5) is 17.6 Å². The normalized spacial score (nSPS) is 10.5. The minimum Gasteiger partial charge on any atom is -0.451 e. The molecule has 0 aliphatic heterocycles. The zero-order chi connectivity index (χ0) is 13.3. The molecule has 0 N–H and O–H groups in total. The molecule has 0 bridgehead atoms. The summed E-state index contributed by atoms with van der Waals surface area (Å²) in [6, 6.07) is 5.49. The summed E-state index contributed by atoms with van der Waals surface area (Å²) in [4.78, 5) is 2.40. The van der Waals surface area contributed by atoms with Crippen LogP contribution < -0.4 is 4.74 Å². The van der Waals surface area contributed by atoms with Crippen molar-refractivity contribution in [2.75, 3.05) is 0 Å². The SMILES string of the molecule is Fc1nc(F)c(F)c(Oc2cccc(Cl)c2)c1F. The van der Waals surface area contributed by atoms with Gasteiger partial charge in [-0.05, 0) is 18.2 Å². The highest BCUT2D eigenvalue weighted by Crippen LogP contribution is 2.30. The predicted octanol–water partition coefficient (Wildman–Crippen LogP) is 4.08. The van der Waals surface area contributed by atoms with Crippen LogP contribution in [0.2, 0.25) is 5.02 Å². The standard InChI is InChI=1S/C11H4ClF4NO/c12-5-2-1-3-6(4-5)18-9-7(13)10(15)17-11(16)8(9)14/h1-4H. The van der Waals surface area contributed by atoms with Crippen molar-refractivity contribution < 1.29 is 22.3 Å². The van der Waals surface area contributed by atoms with Gasteiger partial charge in [-0.2, -0.15) is 22.5 Å². The first kappa shape index (κ1) is 12.6. The van der Waals surface area contributed by atoms with E-state index in [4.69, 9.17) is 16.3 Å². The highest BCUT2D eigenvalue weighted by Gasteiger charge is 2.22. The van der Waals surface area contributed by atoms with Crippen molar-refractivity contribution in [2.45, 2.75) is 0 Å². The fourth-order valence-electron chi connectivity index (χ4n) is 1.21. The highest BCUT2D eigenvalue weighted by atomic mass is 35.5. The van der Waals surface area contributed by atoms with Crippen LogP contribution in [0.5, 0.6) is 11.5 Å². The van der Waals surface area contributed by atoms with Crippen molar-refractivity contribution in [2.24, 2.45) is 0 Å². The number of hydrogen-bond acceptors (Lipinski definition) is 2. The molecule has 0 atom stereocenters. The first-order chi connectivity index (χ1) is 8.49. The van der Waals surface area contributed by atoms with Gasteiger partial charge in [0, 0.05) is 5.02 Å². The average Bonchev–Trinajstić information content (AvgIpc) is 2.32. The van der Waals surface area contributed by atoms with Crippen molar-refractivity contribution >= 4 is 11.6 Å². The lowest BCUT2D eigenvalue weighted by Gasteiger charge is -2.08. The van der Waals surface area contributed by atoms with Crippen molar-refractivity contribution in [3.63, 3.8) is 0 Å². The lowest BCUT2D eigenvalue weighted by molar-refractivity contribution is 0.343. The smallest absolute Gasteiger partial charge is 0.255 e. The average molecular weight is 278 g/mol. The molecule has 0 radical (unpaired) electrons. The summed E-state index contributed by atoms with van der Waals surface area (Å²) in [5.74, 6) is -8.27. The van der Waals surface area contributed by atoms with E-state index in [1.807, 2.05) is 0 Å². The van der Waals surface area contributed by atoms with E-state index in [1.165, 1.54) is 24.3 Å². The summed E-state index contributed by atoms with van der Waals surface area (Å²) in [5, 5.41) is 0.239. The topological polar surface area (TPSA) is 22.1 Å². The molecule has 0 aliphatic rings. The Balaban J connectivity index is 2.46. The first-order valence-electron chi connectivity index (χ1n) is 4.62. The summed E-state index contributed by atoms with van der Waals surface area (Å²) < 4.78 is 56.8. The first-order valence-corrected chi connectivity index (χ1v) is 5.00.